The molecule has 0 bridgehead atoms. The van der Waals surface area contributed by atoms with Crippen LogP contribution in [0.5, 0.6) is 0 Å². The Balaban J connectivity index is 1.66. The Morgan fingerprint density at radius 3 is 2.60 bits per heavy atom. The van der Waals surface area contributed by atoms with Crippen molar-refractivity contribution < 1.29 is 9.53 Å². The Morgan fingerprint density at radius 1 is 1.12 bits per heavy atom. The first-order valence-corrected chi connectivity index (χ1v) is 8.84. The summed E-state index contributed by atoms with van der Waals surface area (Å²) in [5, 5.41) is 0.745. The number of hydrogen-bond donors (Lipinski definition) is 0. The summed E-state index contributed by atoms with van der Waals surface area (Å²) < 4.78 is 5.15. The topological polar surface area (TPSA) is 32.8 Å². The van der Waals surface area contributed by atoms with Crippen LogP contribution in [-0.4, -0.2) is 44.1 Å². The molecule has 1 saturated heterocycles. The number of halogens is 1. The molecule has 0 saturated carbocycles. The minimum absolute atomic E-state index is 0.0837. The summed E-state index contributed by atoms with van der Waals surface area (Å²) in [4.78, 5) is 17.0. The first-order chi connectivity index (χ1) is 12.1. The maximum atomic E-state index is 12.8. The zero-order valence-electron chi connectivity index (χ0n) is 14.7. The van der Waals surface area contributed by atoms with Gasteiger partial charge in [0.2, 0.25) is 0 Å². The standard InChI is InChI=1S/C20H23ClN2O2/c1-15-6-7-18(21)13-19(15)22-8-10-23(11-9-22)20(24)17-5-3-4-16(12-17)14-25-2/h3-7,12-13H,8-11,14H2,1-2H3. The summed E-state index contributed by atoms with van der Waals surface area (Å²) in [6.07, 6.45) is 0. The number of methoxy groups -OCH3 is 1. The maximum Gasteiger partial charge on any atom is 0.253 e. The van der Waals surface area contributed by atoms with Gasteiger partial charge in [0.15, 0.2) is 0 Å². The molecule has 0 spiro atoms. The first kappa shape index (κ1) is 17.8. The molecule has 4 nitrogen and oxygen atoms in total. The Hall–Kier alpha value is -2.04. The molecule has 1 fully saturated rings. The Morgan fingerprint density at radius 2 is 1.88 bits per heavy atom. The van der Waals surface area contributed by atoms with Gasteiger partial charge < -0.3 is 14.5 Å². The number of ether oxygens (including phenoxy) is 1. The first-order valence-electron chi connectivity index (χ1n) is 8.47. The van der Waals surface area contributed by atoms with Gasteiger partial charge in [0, 0.05) is 49.6 Å². The number of aryl methyl sites for hydroxylation is 1. The molecule has 2 aromatic rings. The zero-order valence-corrected chi connectivity index (χ0v) is 15.4. The Labute approximate surface area is 154 Å². The van der Waals surface area contributed by atoms with E-state index in [1.807, 2.05) is 47.4 Å². The van der Waals surface area contributed by atoms with Crippen LogP contribution in [0, 0.1) is 6.92 Å². The molecule has 0 N–H and O–H groups in total. The van der Waals surface area contributed by atoms with Crippen LogP contribution in [0.2, 0.25) is 5.02 Å². The van der Waals surface area contributed by atoms with Crippen LogP contribution in [0.4, 0.5) is 5.69 Å². The van der Waals surface area contributed by atoms with Crippen LogP contribution in [0.3, 0.4) is 0 Å². The number of anilines is 1. The van der Waals surface area contributed by atoms with Crippen molar-refractivity contribution in [1.82, 2.24) is 4.90 Å². The number of hydrogen-bond acceptors (Lipinski definition) is 3. The molecule has 25 heavy (non-hydrogen) atoms. The van der Waals surface area contributed by atoms with E-state index in [0.29, 0.717) is 19.7 Å². The van der Waals surface area contributed by atoms with Gasteiger partial charge in [-0.1, -0.05) is 29.8 Å². The number of rotatable bonds is 4. The van der Waals surface area contributed by atoms with Crippen molar-refractivity contribution in [2.75, 3.05) is 38.2 Å². The van der Waals surface area contributed by atoms with Gasteiger partial charge in [0.25, 0.3) is 5.91 Å². The SMILES string of the molecule is COCc1cccc(C(=O)N2CCN(c3cc(Cl)ccc3C)CC2)c1. The number of amides is 1. The predicted molar refractivity (Wildman–Crippen MR) is 101 cm³/mol. The van der Waals surface area contributed by atoms with E-state index in [-0.39, 0.29) is 5.91 Å². The molecule has 2 aromatic carbocycles. The van der Waals surface area contributed by atoms with Crippen molar-refractivity contribution in [2.24, 2.45) is 0 Å². The van der Waals surface area contributed by atoms with E-state index >= 15 is 0 Å². The lowest BCUT2D eigenvalue weighted by atomic mass is 10.1. The highest BCUT2D eigenvalue weighted by Gasteiger charge is 2.23. The van der Waals surface area contributed by atoms with E-state index < -0.39 is 0 Å². The number of benzene rings is 2. The van der Waals surface area contributed by atoms with Crippen molar-refractivity contribution in [3.63, 3.8) is 0 Å². The molecule has 1 amide bonds. The average Bonchev–Trinajstić information content (AvgIpc) is 2.64. The van der Waals surface area contributed by atoms with Crippen LogP contribution in [0.1, 0.15) is 21.5 Å². The van der Waals surface area contributed by atoms with Gasteiger partial charge in [-0.2, -0.15) is 0 Å². The van der Waals surface area contributed by atoms with Crippen LogP contribution in [-0.2, 0) is 11.3 Å². The summed E-state index contributed by atoms with van der Waals surface area (Å²) in [6.45, 7) is 5.64. The Kier molecular flexibility index (Phi) is 5.61. The Bertz CT molecular complexity index is 755. The highest BCUT2D eigenvalue weighted by molar-refractivity contribution is 6.30. The molecule has 1 heterocycles. The second kappa shape index (κ2) is 7.89. The van der Waals surface area contributed by atoms with E-state index in [9.17, 15) is 4.79 Å². The third-order valence-corrected chi connectivity index (χ3v) is 4.80. The van der Waals surface area contributed by atoms with Gasteiger partial charge in [-0.25, -0.2) is 0 Å². The molecule has 0 aliphatic carbocycles. The predicted octanol–water partition coefficient (Wildman–Crippen LogP) is 3.76. The minimum Gasteiger partial charge on any atom is -0.380 e. The molecule has 0 aromatic heterocycles. The van der Waals surface area contributed by atoms with E-state index in [1.165, 1.54) is 5.56 Å². The van der Waals surface area contributed by atoms with E-state index in [2.05, 4.69) is 11.8 Å². The lowest BCUT2D eigenvalue weighted by Crippen LogP contribution is -2.49. The normalized spacial score (nSPS) is 14.7. The fraction of sp³-hybridized carbons (Fsp3) is 0.350. The minimum atomic E-state index is 0.0837. The lowest BCUT2D eigenvalue weighted by Gasteiger charge is -2.37. The summed E-state index contributed by atoms with van der Waals surface area (Å²) in [7, 11) is 1.66. The van der Waals surface area contributed by atoms with Crippen LogP contribution in [0.25, 0.3) is 0 Å². The molecule has 0 radical (unpaired) electrons. The van der Waals surface area contributed by atoms with Crippen molar-refractivity contribution >= 4 is 23.2 Å². The molecule has 5 heteroatoms. The lowest BCUT2D eigenvalue weighted by molar-refractivity contribution is 0.0746. The molecular weight excluding hydrogens is 336 g/mol. The number of piperazine rings is 1. The van der Waals surface area contributed by atoms with Gasteiger partial charge in [-0.15, -0.1) is 0 Å². The highest BCUT2D eigenvalue weighted by Crippen LogP contribution is 2.25. The van der Waals surface area contributed by atoms with Gasteiger partial charge in [0.05, 0.1) is 6.61 Å². The van der Waals surface area contributed by atoms with E-state index in [1.54, 1.807) is 7.11 Å². The fourth-order valence-electron chi connectivity index (χ4n) is 3.22. The summed E-state index contributed by atoms with van der Waals surface area (Å²) in [5.74, 6) is 0.0837. The highest BCUT2D eigenvalue weighted by atomic mass is 35.5. The average molecular weight is 359 g/mol. The molecule has 0 atom stereocenters. The van der Waals surface area contributed by atoms with Crippen LogP contribution >= 0.6 is 11.6 Å². The van der Waals surface area contributed by atoms with Crippen LogP contribution < -0.4 is 4.90 Å². The summed E-state index contributed by atoms with van der Waals surface area (Å²) in [5.41, 5.74) is 4.10. The molecular formula is C20H23ClN2O2. The van der Waals surface area contributed by atoms with Gasteiger partial charge in [0.1, 0.15) is 0 Å². The number of nitrogens with zero attached hydrogens (tertiary/aromatic N) is 2. The van der Waals surface area contributed by atoms with Crippen molar-refractivity contribution in [3.05, 3.63) is 64.2 Å². The third kappa shape index (κ3) is 4.14. The summed E-state index contributed by atoms with van der Waals surface area (Å²) in [6, 6.07) is 13.6. The van der Waals surface area contributed by atoms with Crippen molar-refractivity contribution in [1.29, 1.82) is 0 Å². The summed E-state index contributed by atoms with van der Waals surface area (Å²) >= 11 is 6.13. The van der Waals surface area contributed by atoms with E-state index in [0.717, 1.165) is 34.9 Å². The number of carbonyl (C=O) groups excluding carboxylic acids is 1. The largest absolute Gasteiger partial charge is 0.380 e. The van der Waals surface area contributed by atoms with E-state index in [4.69, 9.17) is 16.3 Å². The van der Waals surface area contributed by atoms with Gasteiger partial charge in [-0.3, -0.25) is 4.79 Å². The van der Waals surface area contributed by atoms with Gasteiger partial charge in [-0.05, 0) is 42.3 Å². The van der Waals surface area contributed by atoms with Crippen molar-refractivity contribution in [3.8, 4) is 0 Å². The molecule has 1 aliphatic heterocycles. The molecule has 0 unspecified atom stereocenters. The second-order valence-corrected chi connectivity index (χ2v) is 6.78. The van der Waals surface area contributed by atoms with Crippen molar-refractivity contribution in [2.45, 2.75) is 13.5 Å². The van der Waals surface area contributed by atoms with Crippen LogP contribution in [0.15, 0.2) is 42.5 Å². The smallest absolute Gasteiger partial charge is 0.253 e. The zero-order chi connectivity index (χ0) is 17.8. The second-order valence-electron chi connectivity index (χ2n) is 6.34. The molecule has 3 rings (SSSR count). The number of carbonyl (C=O) groups is 1. The maximum absolute atomic E-state index is 12.8. The third-order valence-electron chi connectivity index (χ3n) is 4.56. The van der Waals surface area contributed by atoms with Gasteiger partial charge >= 0.3 is 0 Å². The molecule has 132 valence electrons. The fourth-order valence-corrected chi connectivity index (χ4v) is 3.38. The monoisotopic (exact) mass is 358 g/mol. The quantitative estimate of drug-likeness (QED) is 0.834. The molecule has 1 aliphatic rings.